The Bertz CT molecular complexity index is 478. The highest BCUT2D eigenvalue weighted by atomic mass is 16.5. The van der Waals surface area contributed by atoms with E-state index in [-0.39, 0.29) is 11.9 Å². The highest BCUT2D eigenvalue weighted by Crippen LogP contribution is 2.30. The summed E-state index contributed by atoms with van der Waals surface area (Å²) in [4.78, 5) is 12.0. The third kappa shape index (κ3) is 3.40. The first-order valence-corrected chi connectivity index (χ1v) is 6.67. The largest absolute Gasteiger partial charge is 0.493 e. The summed E-state index contributed by atoms with van der Waals surface area (Å²) in [6, 6.07) is 4.88. The van der Waals surface area contributed by atoms with E-state index in [4.69, 9.17) is 9.47 Å². The van der Waals surface area contributed by atoms with Crippen LogP contribution in [0.1, 0.15) is 13.3 Å². The number of β-amino-alcohol motifs (C(OH)–C–C–N with tert-alkyl or cyclic N) is 1. The molecule has 1 aliphatic rings. The topological polar surface area (TPSA) is 79.8 Å². The second-order valence-corrected chi connectivity index (χ2v) is 4.64. The average molecular weight is 280 g/mol. The van der Waals surface area contributed by atoms with Crippen LogP contribution >= 0.6 is 0 Å². The number of ether oxygens (including phenoxy) is 2. The van der Waals surface area contributed by atoms with Gasteiger partial charge in [0.15, 0.2) is 11.5 Å². The first-order chi connectivity index (χ1) is 9.63. The zero-order valence-electron chi connectivity index (χ0n) is 11.7. The molecule has 1 saturated heterocycles. The fourth-order valence-electron chi connectivity index (χ4n) is 2.17. The zero-order chi connectivity index (χ0) is 14.5. The number of carbonyl (C=O) groups excluding carboxylic acids is 1. The Kier molecular flexibility index (Phi) is 4.81. The average Bonchev–Trinajstić information content (AvgIpc) is 2.87. The van der Waals surface area contributed by atoms with Crippen molar-refractivity contribution < 1.29 is 19.4 Å². The summed E-state index contributed by atoms with van der Waals surface area (Å²) >= 11 is 0. The molecule has 0 aromatic heterocycles. The molecule has 1 fully saturated rings. The molecule has 6 nitrogen and oxygen atoms in total. The number of carbonyl (C=O) groups is 1. The lowest BCUT2D eigenvalue weighted by atomic mass is 10.2. The summed E-state index contributed by atoms with van der Waals surface area (Å²) in [7, 11) is 1.55. The van der Waals surface area contributed by atoms with Gasteiger partial charge in [-0.05, 0) is 25.5 Å². The van der Waals surface area contributed by atoms with Crippen LogP contribution in [0.25, 0.3) is 0 Å². The van der Waals surface area contributed by atoms with Gasteiger partial charge in [0.05, 0.1) is 25.9 Å². The molecule has 2 unspecified atom stereocenters. The highest BCUT2D eigenvalue weighted by Gasteiger charge is 2.28. The van der Waals surface area contributed by atoms with E-state index in [1.807, 2.05) is 6.92 Å². The molecule has 1 amide bonds. The van der Waals surface area contributed by atoms with Crippen molar-refractivity contribution >= 4 is 11.6 Å². The quantitative estimate of drug-likeness (QED) is 0.742. The minimum atomic E-state index is -0.458. The number of benzene rings is 1. The third-order valence-electron chi connectivity index (χ3n) is 3.16. The predicted molar refractivity (Wildman–Crippen MR) is 75.2 cm³/mol. The van der Waals surface area contributed by atoms with Crippen molar-refractivity contribution in [2.45, 2.75) is 25.5 Å². The number of methoxy groups -OCH3 is 1. The predicted octanol–water partition coefficient (Wildman–Crippen LogP) is 0.755. The molecule has 1 aromatic rings. The first-order valence-electron chi connectivity index (χ1n) is 6.67. The Balaban J connectivity index is 2.04. The lowest BCUT2D eigenvalue weighted by Crippen LogP contribution is -2.35. The van der Waals surface area contributed by atoms with Gasteiger partial charge in [-0.3, -0.25) is 4.79 Å². The molecule has 2 rings (SSSR count). The standard InChI is InChI=1S/C14H20N2O4/c1-3-20-12-5-4-9(6-13(12)19-2)16-14(18)11-7-10(17)8-15-11/h4-6,10-11,15,17H,3,7-8H2,1-2H3,(H,16,18). The molecule has 0 spiro atoms. The smallest absolute Gasteiger partial charge is 0.241 e. The van der Waals surface area contributed by atoms with Crippen molar-refractivity contribution in [2.24, 2.45) is 0 Å². The monoisotopic (exact) mass is 280 g/mol. The molecule has 1 aliphatic heterocycles. The Hall–Kier alpha value is -1.79. The summed E-state index contributed by atoms with van der Waals surface area (Å²) < 4.78 is 10.6. The third-order valence-corrected chi connectivity index (χ3v) is 3.16. The van der Waals surface area contributed by atoms with E-state index >= 15 is 0 Å². The van der Waals surface area contributed by atoms with Gasteiger partial charge in [-0.2, -0.15) is 0 Å². The van der Waals surface area contributed by atoms with Crippen LogP contribution in [0.4, 0.5) is 5.69 Å². The van der Waals surface area contributed by atoms with E-state index in [1.54, 1.807) is 25.3 Å². The minimum Gasteiger partial charge on any atom is -0.493 e. The second kappa shape index (κ2) is 6.58. The van der Waals surface area contributed by atoms with E-state index in [0.29, 0.717) is 36.8 Å². The van der Waals surface area contributed by atoms with Gasteiger partial charge in [-0.1, -0.05) is 0 Å². The molecular formula is C14H20N2O4. The molecule has 0 aliphatic carbocycles. The van der Waals surface area contributed by atoms with Gasteiger partial charge in [-0.15, -0.1) is 0 Å². The van der Waals surface area contributed by atoms with Gasteiger partial charge in [-0.25, -0.2) is 0 Å². The summed E-state index contributed by atoms with van der Waals surface area (Å²) in [5, 5.41) is 15.2. The summed E-state index contributed by atoms with van der Waals surface area (Å²) in [6.07, 6.45) is -0.0272. The van der Waals surface area contributed by atoms with Crippen molar-refractivity contribution in [1.29, 1.82) is 0 Å². The molecule has 20 heavy (non-hydrogen) atoms. The number of aliphatic hydroxyl groups is 1. The SMILES string of the molecule is CCOc1ccc(NC(=O)C2CC(O)CN2)cc1OC. The Morgan fingerprint density at radius 2 is 2.30 bits per heavy atom. The van der Waals surface area contributed by atoms with Crippen LogP contribution in [-0.4, -0.2) is 43.4 Å². The number of anilines is 1. The van der Waals surface area contributed by atoms with Crippen LogP contribution in [0.5, 0.6) is 11.5 Å². The summed E-state index contributed by atoms with van der Waals surface area (Å²) in [5.74, 6) is 1.05. The van der Waals surface area contributed by atoms with E-state index in [2.05, 4.69) is 10.6 Å². The van der Waals surface area contributed by atoms with Gasteiger partial charge in [0.2, 0.25) is 5.91 Å². The number of amides is 1. The van der Waals surface area contributed by atoms with Crippen molar-refractivity contribution in [2.75, 3.05) is 25.6 Å². The van der Waals surface area contributed by atoms with Gasteiger partial charge in [0.1, 0.15) is 0 Å². The van der Waals surface area contributed by atoms with Crippen LogP contribution in [0.2, 0.25) is 0 Å². The number of rotatable bonds is 5. The van der Waals surface area contributed by atoms with Crippen LogP contribution in [0.3, 0.4) is 0 Å². The summed E-state index contributed by atoms with van der Waals surface area (Å²) in [5.41, 5.74) is 0.637. The lowest BCUT2D eigenvalue weighted by molar-refractivity contribution is -0.117. The van der Waals surface area contributed by atoms with Gasteiger partial charge in [0, 0.05) is 18.3 Å². The fraction of sp³-hybridized carbons (Fsp3) is 0.500. The molecule has 0 radical (unpaired) electrons. The molecule has 6 heteroatoms. The zero-order valence-corrected chi connectivity index (χ0v) is 11.7. The first kappa shape index (κ1) is 14.6. The second-order valence-electron chi connectivity index (χ2n) is 4.64. The normalized spacial score (nSPS) is 21.6. The maximum Gasteiger partial charge on any atom is 0.241 e. The lowest BCUT2D eigenvalue weighted by Gasteiger charge is -2.14. The fourth-order valence-corrected chi connectivity index (χ4v) is 2.17. The van der Waals surface area contributed by atoms with Gasteiger partial charge in [0.25, 0.3) is 0 Å². The van der Waals surface area contributed by atoms with Crippen LogP contribution in [0, 0.1) is 0 Å². The van der Waals surface area contributed by atoms with Crippen molar-refractivity contribution in [3.05, 3.63) is 18.2 Å². The summed E-state index contributed by atoms with van der Waals surface area (Å²) in [6.45, 7) is 2.89. The maximum atomic E-state index is 12.0. The van der Waals surface area contributed by atoms with Crippen LogP contribution in [-0.2, 0) is 4.79 Å². The Labute approximate surface area is 118 Å². The van der Waals surface area contributed by atoms with E-state index in [9.17, 15) is 9.90 Å². The molecule has 1 heterocycles. The molecule has 0 saturated carbocycles. The number of aliphatic hydroxyl groups excluding tert-OH is 1. The highest BCUT2D eigenvalue weighted by molar-refractivity contribution is 5.95. The van der Waals surface area contributed by atoms with Gasteiger partial charge >= 0.3 is 0 Å². The van der Waals surface area contributed by atoms with Crippen LogP contribution in [0.15, 0.2) is 18.2 Å². The number of hydrogen-bond donors (Lipinski definition) is 3. The minimum absolute atomic E-state index is 0.159. The van der Waals surface area contributed by atoms with Crippen LogP contribution < -0.4 is 20.1 Å². The Morgan fingerprint density at radius 3 is 2.90 bits per heavy atom. The van der Waals surface area contributed by atoms with Gasteiger partial charge < -0.3 is 25.2 Å². The molecule has 1 aromatic carbocycles. The van der Waals surface area contributed by atoms with E-state index < -0.39 is 6.10 Å². The Morgan fingerprint density at radius 1 is 1.50 bits per heavy atom. The molecule has 2 atom stereocenters. The number of hydrogen-bond acceptors (Lipinski definition) is 5. The van der Waals surface area contributed by atoms with Crippen molar-refractivity contribution in [3.8, 4) is 11.5 Å². The molecule has 0 bridgehead atoms. The van der Waals surface area contributed by atoms with Crippen molar-refractivity contribution in [3.63, 3.8) is 0 Å². The van der Waals surface area contributed by atoms with E-state index in [1.165, 1.54) is 0 Å². The van der Waals surface area contributed by atoms with Crippen molar-refractivity contribution in [1.82, 2.24) is 5.32 Å². The number of nitrogens with one attached hydrogen (secondary N) is 2. The maximum absolute atomic E-state index is 12.0. The molecular weight excluding hydrogens is 260 g/mol. The molecule has 3 N–H and O–H groups in total. The molecule has 110 valence electrons. The van der Waals surface area contributed by atoms with E-state index in [0.717, 1.165) is 0 Å².